The summed E-state index contributed by atoms with van der Waals surface area (Å²) in [4.78, 5) is 18.8. The topological polar surface area (TPSA) is 38.1 Å². The third-order valence-corrected chi connectivity index (χ3v) is 4.37. The van der Waals surface area contributed by atoms with Crippen molar-refractivity contribution in [3.63, 3.8) is 0 Å². The number of nitrogens with zero attached hydrogens (tertiary/aromatic N) is 3. The predicted molar refractivity (Wildman–Crippen MR) is 89.7 cm³/mol. The number of imidazole rings is 1. The fourth-order valence-corrected chi connectivity index (χ4v) is 3.18. The van der Waals surface area contributed by atoms with Crippen molar-refractivity contribution in [2.75, 3.05) is 13.1 Å². The van der Waals surface area contributed by atoms with E-state index >= 15 is 0 Å². The first-order valence-electron chi connectivity index (χ1n) is 8.55. The Morgan fingerprint density at radius 3 is 2.50 bits per heavy atom. The van der Waals surface area contributed by atoms with Crippen LogP contribution in [0.2, 0.25) is 0 Å². The minimum atomic E-state index is 0.0803. The zero-order valence-corrected chi connectivity index (χ0v) is 14.8. The van der Waals surface area contributed by atoms with Crippen molar-refractivity contribution in [3.8, 4) is 0 Å². The van der Waals surface area contributed by atoms with E-state index in [9.17, 15) is 4.79 Å². The highest BCUT2D eigenvalue weighted by Gasteiger charge is 2.26. The molecule has 0 N–H and O–H groups in total. The maximum absolute atomic E-state index is 12.3. The molecule has 0 bridgehead atoms. The van der Waals surface area contributed by atoms with Crippen LogP contribution in [0.25, 0.3) is 0 Å². The van der Waals surface area contributed by atoms with Crippen LogP contribution in [0.15, 0.2) is 12.4 Å². The Labute approximate surface area is 134 Å². The molecule has 1 aliphatic heterocycles. The summed E-state index contributed by atoms with van der Waals surface area (Å²) in [7, 11) is 0. The second-order valence-electron chi connectivity index (χ2n) is 8.15. The Morgan fingerprint density at radius 2 is 1.95 bits per heavy atom. The second kappa shape index (κ2) is 6.84. The van der Waals surface area contributed by atoms with Gasteiger partial charge in [-0.2, -0.15) is 0 Å². The highest BCUT2D eigenvalue weighted by atomic mass is 16.2. The average molecular weight is 305 g/mol. The molecule has 0 radical (unpaired) electrons. The molecule has 1 aromatic heterocycles. The van der Waals surface area contributed by atoms with Crippen molar-refractivity contribution in [2.24, 2.45) is 11.3 Å². The molecule has 1 saturated heterocycles. The first kappa shape index (κ1) is 17.0. The van der Waals surface area contributed by atoms with Gasteiger partial charge in [0.25, 0.3) is 0 Å². The highest BCUT2D eigenvalue weighted by molar-refractivity contribution is 5.76. The summed E-state index contributed by atoms with van der Waals surface area (Å²) in [6, 6.07) is 0. The molecule has 22 heavy (non-hydrogen) atoms. The average Bonchev–Trinajstić information content (AvgIpc) is 2.86. The van der Waals surface area contributed by atoms with E-state index in [4.69, 9.17) is 0 Å². The number of hydrogen-bond acceptors (Lipinski definition) is 2. The van der Waals surface area contributed by atoms with Crippen molar-refractivity contribution in [2.45, 2.75) is 66.3 Å². The summed E-state index contributed by atoms with van der Waals surface area (Å²) in [6.45, 7) is 13.6. The van der Waals surface area contributed by atoms with Crippen LogP contribution in [0.4, 0.5) is 0 Å². The number of aromatic nitrogens is 2. The van der Waals surface area contributed by atoms with E-state index in [-0.39, 0.29) is 5.41 Å². The van der Waals surface area contributed by atoms with Gasteiger partial charge in [0.15, 0.2) is 0 Å². The van der Waals surface area contributed by atoms with Gasteiger partial charge in [-0.05, 0) is 24.2 Å². The Morgan fingerprint density at radius 1 is 1.32 bits per heavy atom. The van der Waals surface area contributed by atoms with Gasteiger partial charge in [-0.1, -0.05) is 34.6 Å². The molecule has 2 rings (SSSR count). The number of hydrogen-bond donors (Lipinski definition) is 0. The molecule has 0 aliphatic carbocycles. The minimum Gasteiger partial charge on any atom is -0.343 e. The maximum Gasteiger partial charge on any atom is 0.223 e. The third-order valence-electron chi connectivity index (χ3n) is 4.37. The van der Waals surface area contributed by atoms with Gasteiger partial charge in [0.2, 0.25) is 5.91 Å². The molecule has 0 atom stereocenters. The molecule has 0 unspecified atom stereocenters. The van der Waals surface area contributed by atoms with Crippen LogP contribution in [-0.4, -0.2) is 33.4 Å². The molecule has 1 amide bonds. The molecule has 4 nitrogen and oxygen atoms in total. The molecule has 1 fully saturated rings. The van der Waals surface area contributed by atoms with E-state index in [0.29, 0.717) is 24.2 Å². The van der Waals surface area contributed by atoms with Crippen LogP contribution in [0.1, 0.15) is 65.6 Å². The Balaban J connectivity index is 1.85. The minimum absolute atomic E-state index is 0.0803. The predicted octanol–water partition coefficient (Wildman–Crippen LogP) is 3.68. The van der Waals surface area contributed by atoms with Gasteiger partial charge in [0, 0.05) is 44.4 Å². The Kier molecular flexibility index (Phi) is 5.30. The molecular formula is C18H31N3O. The summed E-state index contributed by atoms with van der Waals surface area (Å²) in [6.07, 6.45) is 6.84. The quantitative estimate of drug-likeness (QED) is 0.851. The summed E-state index contributed by atoms with van der Waals surface area (Å²) in [5, 5.41) is 0. The van der Waals surface area contributed by atoms with Gasteiger partial charge in [-0.15, -0.1) is 0 Å². The number of carbonyl (C=O) groups excluding carboxylic acids is 1. The second-order valence-corrected chi connectivity index (χ2v) is 8.15. The number of likely N-dealkylation sites (tertiary alicyclic amines) is 1. The van der Waals surface area contributed by atoms with Crippen LogP contribution in [0.5, 0.6) is 0 Å². The summed E-state index contributed by atoms with van der Waals surface area (Å²) >= 11 is 0. The van der Waals surface area contributed by atoms with Gasteiger partial charge in [-0.25, -0.2) is 4.98 Å². The molecule has 2 heterocycles. The van der Waals surface area contributed by atoms with Crippen LogP contribution < -0.4 is 0 Å². The van der Waals surface area contributed by atoms with Crippen molar-refractivity contribution in [3.05, 3.63) is 18.2 Å². The van der Waals surface area contributed by atoms with E-state index < -0.39 is 0 Å². The number of piperidine rings is 1. The van der Waals surface area contributed by atoms with Crippen LogP contribution in [0.3, 0.4) is 0 Å². The summed E-state index contributed by atoms with van der Waals surface area (Å²) < 4.78 is 2.29. The molecule has 124 valence electrons. The lowest BCUT2D eigenvalue weighted by molar-refractivity contribution is -0.134. The van der Waals surface area contributed by atoms with Crippen molar-refractivity contribution < 1.29 is 4.79 Å². The fraction of sp³-hybridized carbons (Fsp3) is 0.778. The molecule has 1 aromatic rings. The zero-order valence-electron chi connectivity index (χ0n) is 14.8. The SMILES string of the molecule is CC(C)c1nccn1CC1CCN(C(=O)CC(C)(C)C)CC1. The number of rotatable bonds is 4. The fourth-order valence-electron chi connectivity index (χ4n) is 3.18. The number of carbonyl (C=O) groups is 1. The highest BCUT2D eigenvalue weighted by Crippen LogP contribution is 2.25. The van der Waals surface area contributed by atoms with Crippen molar-refractivity contribution in [1.29, 1.82) is 0 Å². The molecule has 4 heteroatoms. The van der Waals surface area contributed by atoms with E-state index in [1.807, 2.05) is 6.20 Å². The van der Waals surface area contributed by atoms with Crippen molar-refractivity contribution >= 4 is 5.91 Å². The summed E-state index contributed by atoms with van der Waals surface area (Å²) in [5.41, 5.74) is 0.0803. The van der Waals surface area contributed by atoms with Gasteiger partial charge in [0.1, 0.15) is 5.82 Å². The van der Waals surface area contributed by atoms with E-state index in [1.165, 1.54) is 5.82 Å². The molecular weight excluding hydrogens is 274 g/mol. The van der Waals surface area contributed by atoms with Crippen molar-refractivity contribution in [1.82, 2.24) is 14.5 Å². The lowest BCUT2D eigenvalue weighted by atomic mass is 9.90. The first-order valence-corrected chi connectivity index (χ1v) is 8.55. The first-order chi connectivity index (χ1) is 10.3. The van der Waals surface area contributed by atoms with Crippen LogP contribution in [-0.2, 0) is 11.3 Å². The molecule has 1 aliphatic rings. The lowest BCUT2D eigenvalue weighted by Gasteiger charge is -2.34. The van der Waals surface area contributed by atoms with E-state index in [1.54, 1.807) is 0 Å². The van der Waals surface area contributed by atoms with Gasteiger partial charge in [-0.3, -0.25) is 4.79 Å². The number of amides is 1. The Hall–Kier alpha value is -1.32. The Bertz CT molecular complexity index is 491. The van der Waals surface area contributed by atoms with Gasteiger partial charge in [0.05, 0.1) is 0 Å². The largest absolute Gasteiger partial charge is 0.343 e. The zero-order chi connectivity index (χ0) is 16.3. The molecule has 0 aromatic carbocycles. The molecule has 0 spiro atoms. The van der Waals surface area contributed by atoms with E-state index in [0.717, 1.165) is 32.5 Å². The van der Waals surface area contributed by atoms with Gasteiger partial charge >= 0.3 is 0 Å². The van der Waals surface area contributed by atoms with Crippen LogP contribution >= 0.6 is 0 Å². The third kappa shape index (κ3) is 4.59. The maximum atomic E-state index is 12.3. The van der Waals surface area contributed by atoms with E-state index in [2.05, 4.69) is 55.3 Å². The normalized spacial score (nSPS) is 17.3. The monoisotopic (exact) mass is 305 g/mol. The lowest BCUT2D eigenvalue weighted by Crippen LogP contribution is -2.40. The van der Waals surface area contributed by atoms with Crippen LogP contribution in [0, 0.1) is 11.3 Å². The molecule has 0 saturated carbocycles. The summed E-state index contributed by atoms with van der Waals surface area (Å²) in [5.74, 6) is 2.61. The standard InChI is InChI=1S/C18H31N3O/c1-14(2)17-19-8-11-21(17)13-15-6-9-20(10-7-15)16(22)12-18(3,4)5/h8,11,14-15H,6-7,9-10,12-13H2,1-5H3. The van der Waals surface area contributed by atoms with Gasteiger partial charge < -0.3 is 9.47 Å². The smallest absolute Gasteiger partial charge is 0.223 e.